The lowest BCUT2D eigenvalue weighted by molar-refractivity contribution is -0.479. The summed E-state index contributed by atoms with van der Waals surface area (Å²) in [7, 11) is 1.55. The lowest BCUT2D eigenvalue weighted by atomic mass is 9.90. The zero-order valence-corrected chi connectivity index (χ0v) is 21.5. The highest BCUT2D eigenvalue weighted by Crippen LogP contribution is 2.41. The molecular weight excluding hydrogens is 476 g/mol. The second-order valence-corrected chi connectivity index (χ2v) is 9.73. The Morgan fingerprint density at radius 3 is 2.68 bits per heavy atom. The number of carbonyl (C=O) groups excluding carboxylic acids is 1. The minimum Gasteiger partial charge on any atom is -0.477 e. The summed E-state index contributed by atoms with van der Waals surface area (Å²) in [4.78, 5) is 33.6. The van der Waals surface area contributed by atoms with Gasteiger partial charge >= 0.3 is 5.97 Å². The molecule has 3 aromatic rings. The van der Waals surface area contributed by atoms with Crippen molar-refractivity contribution in [3.8, 4) is 5.88 Å². The first-order valence-electron chi connectivity index (χ1n) is 12.9. The number of carbonyl (C=O) groups is 1. The molecule has 3 unspecified atom stereocenters. The summed E-state index contributed by atoms with van der Waals surface area (Å²) in [6.07, 6.45) is 4.33. The van der Waals surface area contributed by atoms with Crippen LogP contribution < -0.4 is 10.5 Å². The van der Waals surface area contributed by atoms with Crippen LogP contribution in [0.15, 0.2) is 36.4 Å². The summed E-state index contributed by atoms with van der Waals surface area (Å²) in [5, 5.41) is 0.648. The van der Waals surface area contributed by atoms with Gasteiger partial charge in [-0.15, -0.1) is 0 Å². The van der Waals surface area contributed by atoms with E-state index in [1.165, 1.54) is 0 Å². The second kappa shape index (κ2) is 10.6. The average Bonchev–Trinajstić information content (AvgIpc) is 3.57. The van der Waals surface area contributed by atoms with E-state index >= 15 is 0 Å². The summed E-state index contributed by atoms with van der Waals surface area (Å²) < 4.78 is 19.2. The third kappa shape index (κ3) is 5.01. The molecule has 5 rings (SSSR count). The number of hydrogen-bond donors (Lipinski definition) is 1. The van der Waals surface area contributed by atoms with Gasteiger partial charge in [-0.25, -0.2) is 14.6 Å². The van der Waals surface area contributed by atoms with Crippen LogP contribution in [0.1, 0.15) is 74.1 Å². The smallest absolute Gasteiger partial charge is 0.355 e. The normalized spacial score (nSPS) is 24.4. The Kier molecular flexibility index (Phi) is 7.32. The molecule has 2 aromatic heterocycles. The maximum absolute atomic E-state index is 13.6. The molecule has 37 heavy (non-hydrogen) atoms. The minimum atomic E-state index is -1.06. The molecule has 2 N–H and O–H groups in total. The zero-order valence-electron chi connectivity index (χ0n) is 21.5. The van der Waals surface area contributed by atoms with Crippen LogP contribution in [0.5, 0.6) is 5.88 Å². The van der Waals surface area contributed by atoms with E-state index < -0.39 is 11.8 Å². The van der Waals surface area contributed by atoms with Crippen molar-refractivity contribution in [2.24, 2.45) is 5.92 Å². The minimum absolute atomic E-state index is 0.0915. The van der Waals surface area contributed by atoms with Crippen LogP contribution in [-0.4, -0.2) is 46.6 Å². The molecule has 0 radical (unpaired) electrons. The molecule has 1 saturated carbocycles. The van der Waals surface area contributed by atoms with E-state index in [0.717, 1.165) is 31.2 Å². The van der Waals surface area contributed by atoms with Gasteiger partial charge in [-0.3, -0.25) is 0 Å². The predicted molar refractivity (Wildman–Crippen MR) is 136 cm³/mol. The fourth-order valence-electron chi connectivity index (χ4n) is 5.28. The molecule has 0 bridgehead atoms. The van der Waals surface area contributed by atoms with Crippen molar-refractivity contribution in [2.75, 3.05) is 26.1 Å². The van der Waals surface area contributed by atoms with Crippen LogP contribution in [0.3, 0.4) is 0 Å². The van der Waals surface area contributed by atoms with Crippen LogP contribution in [0.2, 0.25) is 0 Å². The molecule has 3 heterocycles. The molecule has 10 nitrogen and oxygen atoms in total. The van der Waals surface area contributed by atoms with E-state index in [4.69, 9.17) is 29.7 Å². The summed E-state index contributed by atoms with van der Waals surface area (Å²) >= 11 is 0. The maximum atomic E-state index is 13.6. The monoisotopic (exact) mass is 510 g/mol. The van der Waals surface area contributed by atoms with Crippen LogP contribution in [0, 0.1) is 5.92 Å². The fourth-order valence-corrected chi connectivity index (χ4v) is 5.28. The molecule has 198 valence electrons. The van der Waals surface area contributed by atoms with E-state index in [1.807, 2.05) is 41.8 Å². The van der Waals surface area contributed by atoms with Crippen molar-refractivity contribution in [3.63, 3.8) is 0 Å². The molecule has 1 saturated heterocycles. The van der Waals surface area contributed by atoms with Gasteiger partial charge in [0, 0.05) is 13.2 Å². The number of aromatic nitrogens is 3. The number of fused-ring (bicyclic) bond motifs is 1. The number of ether oxygens (including phenoxy) is 3. The zero-order chi connectivity index (χ0) is 26.0. The number of nitrogens with two attached hydrogens (primary N) is 1. The van der Waals surface area contributed by atoms with Crippen molar-refractivity contribution in [1.29, 1.82) is 0 Å². The molecule has 10 heteroatoms. The number of benzene rings is 1. The average molecular weight is 511 g/mol. The van der Waals surface area contributed by atoms with Gasteiger partial charge < -0.3 is 24.5 Å². The summed E-state index contributed by atoms with van der Waals surface area (Å²) in [5.74, 6) is -1.31. The van der Waals surface area contributed by atoms with Gasteiger partial charge in [0.05, 0.1) is 24.5 Å². The molecule has 0 spiro atoms. The van der Waals surface area contributed by atoms with E-state index in [-0.39, 0.29) is 30.6 Å². The van der Waals surface area contributed by atoms with Crippen LogP contribution in [0.25, 0.3) is 11.0 Å². The Morgan fingerprint density at radius 2 is 1.97 bits per heavy atom. The Bertz CT molecular complexity index is 1240. The second-order valence-electron chi connectivity index (χ2n) is 9.73. The van der Waals surface area contributed by atoms with Crippen molar-refractivity contribution in [3.05, 3.63) is 47.7 Å². The number of nitrogens with zero attached hydrogens (tertiary/aromatic N) is 3. The maximum Gasteiger partial charge on any atom is 0.355 e. The first-order chi connectivity index (χ1) is 17.9. The van der Waals surface area contributed by atoms with Crippen molar-refractivity contribution in [2.45, 2.75) is 63.9 Å². The highest BCUT2D eigenvalue weighted by Gasteiger charge is 2.45. The van der Waals surface area contributed by atoms with Crippen LogP contribution in [-0.2, 0) is 19.2 Å². The molecule has 3 atom stereocenters. The van der Waals surface area contributed by atoms with E-state index in [0.29, 0.717) is 35.6 Å². The van der Waals surface area contributed by atoms with Crippen molar-refractivity contribution < 1.29 is 28.8 Å². The summed E-state index contributed by atoms with van der Waals surface area (Å²) in [6, 6.07) is 11.7. The van der Waals surface area contributed by atoms with Crippen LogP contribution in [0.4, 0.5) is 5.95 Å². The largest absolute Gasteiger partial charge is 0.477 e. The van der Waals surface area contributed by atoms with E-state index in [9.17, 15) is 4.79 Å². The number of anilines is 1. The van der Waals surface area contributed by atoms with Gasteiger partial charge in [-0.05, 0) is 44.7 Å². The molecule has 2 aliphatic rings. The molecule has 1 aliphatic heterocycles. The molecule has 1 aliphatic carbocycles. The Balaban J connectivity index is 1.42. The number of hydrogen-bond acceptors (Lipinski definition) is 9. The van der Waals surface area contributed by atoms with Crippen LogP contribution >= 0.6 is 0 Å². The lowest BCUT2D eigenvalue weighted by Gasteiger charge is -2.41. The number of rotatable bonds is 8. The first-order valence-corrected chi connectivity index (χ1v) is 12.9. The van der Waals surface area contributed by atoms with Gasteiger partial charge in [-0.2, -0.15) is 9.97 Å². The Hall–Kier alpha value is -3.21. The number of esters is 1. The van der Waals surface area contributed by atoms with E-state index in [2.05, 4.69) is 9.97 Å². The van der Waals surface area contributed by atoms with Gasteiger partial charge in [0.25, 0.3) is 0 Å². The third-order valence-corrected chi connectivity index (χ3v) is 7.42. The van der Waals surface area contributed by atoms with Gasteiger partial charge in [0.15, 0.2) is 0 Å². The quantitative estimate of drug-likeness (QED) is 0.338. The van der Waals surface area contributed by atoms with Gasteiger partial charge in [-0.1, -0.05) is 43.2 Å². The SMILES string of the molecule is CCOc1nc(N)nc2c1cc(C(=O)OCC1CC(c3ccccc3)OOC1(C)OC)n2C1CCCC1. The van der Waals surface area contributed by atoms with Gasteiger partial charge in [0.1, 0.15) is 17.4 Å². The standard InChI is InChI=1S/C27H34N4O6/c1-4-34-24-20-15-21(31(19-12-8-9-13-19)23(20)29-26(28)30-24)25(32)35-16-18-14-22(17-10-6-5-7-11-17)36-37-27(18,2)33-3/h5-7,10-11,15,18-19,22H,4,8-9,12-14,16H2,1-3H3,(H2,28,29,30). The Labute approximate surface area is 215 Å². The topological polar surface area (TPSA) is 120 Å². The molecule has 0 amide bonds. The highest BCUT2D eigenvalue weighted by molar-refractivity contribution is 5.96. The predicted octanol–water partition coefficient (Wildman–Crippen LogP) is 4.76. The van der Waals surface area contributed by atoms with Crippen molar-refractivity contribution >= 4 is 23.0 Å². The number of nitrogen functional groups attached to an aromatic ring is 1. The Morgan fingerprint density at radius 1 is 1.22 bits per heavy atom. The lowest BCUT2D eigenvalue weighted by Crippen LogP contribution is -2.47. The highest BCUT2D eigenvalue weighted by atomic mass is 17.2. The van der Waals surface area contributed by atoms with Crippen molar-refractivity contribution in [1.82, 2.24) is 14.5 Å². The van der Waals surface area contributed by atoms with E-state index in [1.54, 1.807) is 20.1 Å². The molecule has 1 aromatic carbocycles. The summed E-state index contributed by atoms with van der Waals surface area (Å²) in [5.41, 5.74) is 7.99. The van der Waals surface area contributed by atoms with Gasteiger partial charge in [0.2, 0.25) is 17.6 Å². The fraction of sp³-hybridized carbons (Fsp3) is 0.519. The molecular formula is C27H34N4O6. The first kappa shape index (κ1) is 25.4. The number of methoxy groups -OCH3 is 1. The molecule has 2 fully saturated rings. The summed E-state index contributed by atoms with van der Waals surface area (Å²) in [6.45, 7) is 4.17. The third-order valence-electron chi connectivity index (χ3n) is 7.42.